The number of hydrogen-bond acceptors (Lipinski definition) is 2. The van der Waals surface area contributed by atoms with Crippen LogP contribution in [0.15, 0.2) is 41.5 Å². The number of aromatic nitrogens is 1. The number of nitrogens with two attached hydrogens (primary N) is 1. The normalized spacial score (nSPS) is 15.6. The van der Waals surface area contributed by atoms with Crippen molar-refractivity contribution in [3.05, 3.63) is 47.8 Å². The first kappa shape index (κ1) is 8.97. The topological polar surface area (TPSA) is 54.2 Å². The Bertz CT molecular complexity index is 577. The van der Waals surface area contributed by atoms with E-state index >= 15 is 0 Å². The first-order valence-corrected chi connectivity index (χ1v) is 5.12. The first-order chi connectivity index (χ1) is 7.84. The Morgan fingerprint density at radius 3 is 2.94 bits per heavy atom. The average Bonchev–Trinajstić information content (AvgIpc) is 2.90. The van der Waals surface area contributed by atoms with Gasteiger partial charge in [-0.05, 0) is 30.3 Å². The average molecular weight is 209 g/mol. The number of aliphatic imine (C=N–C) groups is 1. The molecule has 2 heterocycles. The minimum Gasteiger partial charge on any atom is -0.398 e. The standard InChI is InChI=1S/C13H11N3/c14-11-4-1-5-12-13(11)9(8-16-12)7-10-3-2-6-15-10/h1-8,15H,14H2. The number of nitrogens with one attached hydrogen (secondary N) is 1. The molecule has 78 valence electrons. The summed E-state index contributed by atoms with van der Waals surface area (Å²) in [4.78, 5) is 7.47. The van der Waals surface area contributed by atoms with Crippen LogP contribution in [0.2, 0.25) is 0 Å². The Labute approximate surface area is 93.3 Å². The number of nitrogens with zero attached hydrogens (tertiary/aromatic N) is 1. The SMILES string of the molecule is Nc1cccc2c1C(=Cc1ccc[nH]1)C=N2. The van der Waals surface area contributed by atoms with Crippen LogP contribution in [0, 0.1) is 0 Å². The van der Waals surface area contributed by atoms with E-state index in [9.17, 15) is 0 Å². The number of benzene rings is 1. The molecule has 0 saturated heterocycles. The van der Waals surface area contributed by atoms with Crippen molar-refractivity contribution < 1.29 is 0 Å². The summed E-state index contributed by atoms with van der Waals surface area (Å²) in [6.07, 6.45) is 5.79. The van der Waals surface area contributed by atoms with Crippen molar-refractivity contribution in [2.45, 2.75) is 0 Å². The molecule has 0 aliphatic carbocycles. The van der Waals surface area contributed by atoms with Crippen LogP contribution in [0.1, 0.15) is 11.3 Å². The molecule has 3 nitrogen and oxygen atoms in total. The van der Waals surface area contributed by atoms with Crippen LogP contribution in [0.4, 0.5) is 11.4 Å². The van der Waals surface area contributed by atoms with Crippen molar-refractivity contribution in [1.82, 2.24) is 4.98 Å². The third kappa shape index (κ3) is 1.34. The highest BCUT2D eigenvalue weighted by atomic mass is 14.8. The zero-order valence-corrected chi connectivity index (χ0v) is 8.64. The zero-order chi connectivity index (χ0) is 11.0. The molecule has 0 atom stereocenters. The molecule has 3 N–H and O–H groups in total. The summed E-state index contributed by atoms with van der Waals surface area (Å²) in [6, 6.07) is 9.77. The van der Waals surface area contributed by atoms with Crippen LogP contribution in [0.3, 0.4) is 0 Å². The molecule has 0 spiro atoms. The monoisotopic (exact) mass is 209 g/mol. The van der Waals surface area contributed by atoms with E-state index in [1.807, 2.05) is 48.8 Å². The fourth-order valence-corrected chi connectivity index (χ4v) is 1.89. The number of allylic oxidation sites excluding steroid dienone is 1. The van der Waals surface area contributed by atoms with Gasteiger partial charge < -0.3 is 10.7 Å². The Morgan fingerprint density at radius 2 is 2.12 bits per heavy atom. The van der Waals surface area contributed by atoms with Gasteiger partial charge in [-0.1, -0.05) is 6.07 Å². The summed E-state index contributed by atoms with van der Waals surface area (Å²) in [5.74, 6) is 0. The van der Waals surface area contributed by atoms with Gasteiger partial charge in [-0.3, -0.25) is 4.99 Å². The molecule has 3 heteroatoms. The number of fused-ring (bicyclic) bond motifs is 1. The van der Waals surface area contributed by atoms with E-state index in [2.05, 4.69) is 9.98 Å². The number of hydrogen-bond donors (Lipinski definition) is 2. The molecule has 3 rings (SSSR count). The molecule has 1 aliphatic heterocycles. The Morgan fingerprint density at radius 1 is 1.19 bits per heavy atom. The third-order valence-corrected chi connectivity index (χ3v) is 2.64. The highest BCUT2D eigenvalue weighted by Crippen LogP contribution is 2.36. The van der Waals surface area contributed by atoms with E-state index in [0.29, 0.717) is 0 Å². The summed E-state index contributed by atoms with van der Waals surface area (Å²) < 4.78 is 0. The van der Waals surface area contributed by atoms with Crippen LogP contribution in [-0.4, -0.2) is 11.2 Å². The van der Waals surface area contributed by atoms with Crippen LogP contribution in [0.5, 0.6) is 0 Å². The van der Waals surface area contributed by atoms with Gasteiger partial charge in [0.2, 0.25) is 0 Å². The summed E-state index contributed by atoms with van der Waals surface area (Å²) in [6.45, 7) is 0. The minimum atomic E-state index is 0.771. The van der Waals surface area contributed by atoms with E-state index in [1.165, 1.54) is 0 Å². The first-order valence-electron chi connectivity index (χ1n) is 5.12. The summed E-state index contributed by atoms with van der Waals surface area (Å²) in [5.41, 5.74) is 10.8. The summed E-state index contributed by atoms with van der Waals surface area (Å²) in [5, 5.41) is 0. The smallest absolute Gasteiger partial charge is 0.0729 e. The van der Waals surface area contributed by atoms with E-state index in [-0.39, 0.29) is 0 Å². The highest BCUT2D eigenvalue weighted by Gasteiger charge is 2.14. The Hall–Kier alpha value is -2.29. The number of H-pyrrole nitrogens is 1. The third-order valence-electron chi connectivity index (χ3n) is 2.64. The van der Waals surface area contributed by atoms with Crippen molar-refractivity contribution in [2.24, 2.45) is 4.99 Å². The maximum Gasteiger partial charge on any atom is 0.0729 e. The van der Waals surface area contributed by atoms with Crippen molar-refractivity contribution in [3.8, 4) is 0 Å². The number of aromatic amines is 1. The fourth-order valence-electron chi connectivity index (χ4n) is 1.89. The molecule has 1 aromatic heterocycles. The molecular formula is C13H11N3. The number of nitrogen functional groups attached to an aromatic ring is 1. The molecule has 0 fully saturated rings. The maximum absolute atomic E-state index is 5.96. The lowest BCUT2D eigenvalue weighted by molar-refractivity contribution is 1.38. The lowest BCUT2D eigenvalue weighted by atomic mass is 10.0. The van der Waals surface area contributed by atoms with Gasteiger partial charge in [0, 0.05) is 34.9 Å². The Balaban J connectivity index is 2.13. The quantitative estimate of drug-likeness (QED) is 0.697. The van der Waals surface area contributed by atoms with Gasteiger partial charge in [0.05, 0.1) is 5.69 Å². The summed E-state index contributed by atoms with van der Waals surface area (Å²) in [7, 11) is 0. The van der Waals surface area contributed by atoms with Gasteiger partial charge in [0.15, 0.2) is 0 Å². The van der Waals surface area contributed by atoms with E-state index in [0.717, 1.165) is 28.2 Å². The lowest BCUT2D eigenvalue weighted by Gasteiger charge is -2.03. The molecule has 2 aromatic rings. The summed E-state index contributed by atoms with van der Waals surface area (Å²) >= 11 is 0. The van der Waals surface area contributed by atoms with E-state index < -0.39 is 0 Å². The highest BCUT2D eigenvalue weighted by molar-refractivity contribution is 6.23. The predicted molar refractivity (Wildman–Crippen MR) is 67.7 cm³/mol. The molecule has 16 heavy (non-hydrogen) atoms. The molecule has 0 bridgehead atoms. The Kier molecular flexibility index (Phi) is 1.90. The van der Waals surface area contributed by atoms with Crippen molar-refractivity contribution in [2.75, 3.05) is 5.73 Å². The van der Waals surface area contributed by atoms with Gasteiger partial charge in [-0.25, -0.2) is 0 Å². The fraction of sp³-hybridized carbons (Fsp3) is 0. The van der Waals surface area contributed by atoms with E-state index in [1.54, 1.807) is 0 Å². The molecule has 0 unspecified atom stereocenters. The lowest BCUT2D eigenvalue weighted by Crippen LogP contribution is -1.91. The van der Waals surface area contributed by atoms with E-state index in [4.69, 9.17) is 5.73 Å². The number of anilines is 1. The second kappa shape index (κ2) is 3.38. The molecule has 0 amide bonds. The number of rotatable bonds is 1. The van der Waals surface area contributed by atoms with Crippen molar-refractivity contribution >= 4 is 29.2 Å². The van der Waals surface area contributed by atoms with Crippen molar-refractivity contribution in [3.63, 3.8) is 0 Å². The molecule has 0 saturated carbocycles. The van der Waals surface area contributed by atoms with Crippen LogP contribution in [0.25, 0.3) is 11.6 Å². The maximum atomic E-state index is 5.96. The van der Waals surface area contributed by atoms with Gasteiger partial charge >= 0.3 is 0 Å². The minimum absolute atomic E-state index is 0.771. The van der Waals surface area contributed by atoms with Gasteiger partial charge in [0.1, 0.15) is 0 Å². The van der Waals surface area contributed by atoms with Gasteiger partial charge in [0.25, 0.3) is 0 Å². The van der Waals surface area contributed by atoms with Crippen LogP contribution in [-0.2, 0) is 0 Å². The largest absolute Gasteiger partial charge is 0.398 e. The van der Waals surface area contributed by atoms with Gasteiger partial charge in [-0.15, -0.1) is 0 Å². The second-order valence-corrected chi connectivity index (χ2v) is 3.72. The second-order valence-electron chi connectivity index (χ2n) is 3.72. The van der Waals surface area contributed by atoms with Crippen LogP contribution >= 0.6 is 0 Å². The molecule has 1 aromatic carbocycles. The molecular weight excluding hydrogens is 198 g/mol. The van der Waals surface area contributed by atoms with Crippen LogP contribution < -0.4 is 5.73 Å². The van der Waals surface area contributed by atoms with Gasteiger partial charge in [-0.2, -0.15) is 0 Å². The zero-order valence-electron chi connectivity index (χ0n) is 8.64. The predicted octanol–water partition coefficient (Wildman–Crippen LogP) is 2.85. The molecule has 1 aliphatic rings. The van der Waals surface area contributed by atoms with Crippen molar-refractivity contribution in [1.29, 1.82) is 0 Å². The molecule has 0 radical (unpaired) electrons.